The largest absolute Gasteiger partial charge is 0.508 e. The smallest absolute Gasteiger partial charge is 0.245 e. The number of carbonyl (C=O) groups is 2. The van der Waals surface area contributed by atoms with Crippen LogP contribution < -0.4 is 9.80 Å². The zero-order valence-corrected chi connectivity index (χ0v) is 46.5. The number of hydrogen-bond acceptors (Lipinski definition) is 12. The van der Waals surface area contributed by atoms with Crippen LogP contribution in [0.15, 0.2) is 98.1 Å². The Hall–Kier alpha value is -6.84. The van der Waals surface area contributed by atoms with Crippen molar-refractivity contribution in [1.82, 2.24) is 29.6 Å². The summed E-state index contributed by atoms with van der Waals surface area (Å²) < 4.78 is 10.9. The second-order valence-corrected chi connectivity index (χ2v) is 23.3. The van der Waals surface area contributed by atoms with Crippen LogP contribution in [0.5, 0.6) is 11.5 Å². The normalized spacial score (nSPS) is 19.3. The highest BCUT2D eigenvalue weighted by molar-refractivity contribution is 6.01. The first-order chi connectivity index (χ1) is 37.6. The lowest BCUT2D eigenvalue weighted by Crippen LogP contribution is -2.59. The Morgan fingerprint density at radius 1 is 0.615 bits per heavy atom. The summed E-state index contributed by atoms with van der Waals surface area (Å²) >= 11 is 0. The van der Waals surface area contributed by atoms with Crippen LogP contribution in [0.4, 0.5) is 11.6 Å². The molecule has 2 unspecified atom stereocenters. The van der Waals surface area contributed by atoms with Gasteiger partial charge in [0.25, 0.3) is 0 Å². The Balaban J connectivity index is 0.000000165. The van der Waals surface area contributed by atoms with Gasteiger partial charge in [-0.2, -0.15) is 0 Å². The van der Waals surface area contributed by atoms with E-state index in [0.717, 1.165) is 149 Å². The average Bonchev–Trinajstić information content (AvgIpc) is 4.26. The van der Waals surface area contributed by atoms with Crippen molar-refractivity contribution in [2.24, 2.45) is 10.8 Å². The molecule has 12 rings (SSSR count). The van der Waals surface area contributed by atoms with E-state index in [9.17, 15) is 19.8 Å². The Morgan fingerprint density at radius 2 is 1.03 bits per heavy atom. The average molecular weight is 1050 g/mol. The van der Waals surface area contributed by atoms with Crippen LogP contribution in [-0.4, -0.2) is 157 Å². The van der Waals surface area contributed by atoms with Crippen molar-refractivity contribution in [1.29, 1.82) is 0 Å². The van der Waals surface area contributed by atoms with E-state index in [-0.39, 0.29) is 34.1 Å². The Morgan fingerprint density at radius 3 is 1.41 bits per heavy atom. The number of benzene rings is 4. The van der Waals surface area contributed by atoms with Crippen molar-refractivity contribution in [2.75, 3.05) is 103 Å². The van der Waals surface area contributed by atoms with Crippen LogP contribution in [0.1, 0.15) is 60.3 Å². The second-order valence-electron chi connectivity index (χ2n) is 23.3. The zero-order valence-electron chi connectivity index (χ0n) is 46.5. The number of phenolic OH excluding ortho intramolecular Hbond substituents is 2. The van der Waals surface area contributed by atoms with Gasteiger partial charge in [-0.25, -0.2) is 9.97 Å². The molecule has 4 saturated heterocycles. The van der Waals surface area contributed by atoms with Gasteiger partial charge in [0.05, 0.1) is 24.6 Å². The number of anilines is 2. The number of methoxy groups -OCH3 is 2. The van der Waals surface area contributed by atoms with E-state index in [0.29, 0.717) is 25.3 Å². The summed E-state index contributed by atoms with van der Waals surface area (Å²) in [4.78, 5) is 48.6. The van der Waals surface area contributed by atoms with Crippen LogP contribution in [0.3, 0.4) is 0 Å². The molecule has 2 N–H and O–H groups in total. The van der Waals surface area contributed by atoms with Gasteiger partial charge in [-0.3, -0.25) is 19.4 Å². The molecule has 6 aliphatic rings. The number of likely N-dealkylation sites (tertiary alicyclic amines) is 2. The Bertz CT molecular complexity index is 3110. The number of ether oxygens (including phenoxy) is 2. The number of hydrogen-bond donors (Lipinski definition) is 2. The number of nitrogens with zero attached hydrogens (tertiary/aromatic N) is 8. The molecule has 0 saturated carbocycles. The highest BCUT2D eigenvalue weighted by Gasteiger charge is 2.51. The van der Waals surface area contributed by atoms with E-state index in [1.165, 1.54) is 56.7 Å². The predicted octanol–water partition coefficient (Wildman–Crippen LogP) is 9.07. The summed E-state index contributed by atoms with van der Waals surface area (Å²) in [5.74, 6) is 2.73. The van der Waals surface area contributed by atoms with Gasteiger partial charge in [0.15, 0.2) is 0 Å². The topological polar surface area (TPSA) is 138 Å². The van der Waals surface area contributed by atoms with Crippen LogP contribution in [-0.2, 0) is 45.0 Å². The van der Waals surface area contributed by atoms with Gasteiger partial charge in [-0.1, -0.05) is 61.7 Å². The number of rotatable bonds is 12. The van der Waals surface area contributed by atoms with Gasteiger partial charge in [-0.15, -0.1) is 0 Å². The van der Waals surface area contributed by atoms with Crippen LogP contribution >= 0.6 is 0 Å². The highest BCUT2D eigenvalue weighted by atomic mass is 16.5. The lowest BCUT2D eigenvalue weighted by atomic mass is 9.79. The maximum Gasteiger partial charge on any atom is 0.245 e. The van der Waals surface area contributed by atoms with Gasteiger partial charge in [0, 0.05) is 116 Å². The van der Waals surface area contributed by atoms with Crippen molar-refractivity contribution >= 4 is 45.0 Å². The lowest BCUT2D eigenvalue weighted by Gasteiger charge is -2.47. The second kappa shape index (κ2) is 21.4. The first kappa shape index (κ1) is 53.2. The molecule has 408 valence electrons. The third-order valence-corrected chi connectivity index (χ3v) is 18.1. The fourth-order valence-corrected chi connectivity index (χ4v) is 14.0. The van der Waals surface area contributed by atoms with Gasteiger partial charge >= 0.3 is 0 Å². The van der Waals surface area contributed by atoms with Crippen LogP contribution in [0.2, 0.25) is 0 Å². The molecule has 6 aromatic rings. The monoisotopic (exact) mass is 1050 g/mol. The molecule has 2 atom stereocenters. The standard InChI is InChI=1S/2C32H38N4O3/c2*1-5-29(38)36-19-32(20-36)12-14-35(18-32)31-22(3)30(26-8-6-7-23-15-24(37)9-10-25(23)26)27-11-13-34(16-28(27)33-31)21(2)17-39-4/h2*5-10,15,21,37H,1,11-14,16-20H2,2-4H3. The third-order valence-electron chi connectivity index (χ3n) is 18.1. The fourth-order valence-electron chi connectivity index (χ4n) is 14.0. The van der Waals surface area contributed by atoms with E-state index < -0.39 is 0 Å². The minimum atomic E-state index is 0.0247. The minimum Gasteiger partial charge on any atom is -0.508 e. The maximum atomic E-state index is 12.1. The minimum absolute atomic E-state index is 0.0247. The molecule has 78 heavy (non-hydrogen) atoms. The van der Waals surface area contributed by atoms with Gasteiger partial charge in [0.2, 0.25) is 11.8 Å². The molecule has 14 nitrogen and oxygen atoms in total. The van der Waals surface area contributed by atoms with Gasteiger partial charge in [-0.05, 0) is 156 Å². The molecular formula is C64H76N8O6. The number of amides is 2. The number of phenols is 2. The van der Waals surface area contributed by atoms with Crippen molar-refractivity contribution in [3.05, 3.63) is 132 Å². The Labute approximate surface area is 459 Å². The number of aromatic nitrogens is 2. The van der Waals surface area contributed by atoms with Crippen molar-refractivity contribution in [2.45, 2.75) is 78.6 Å². The summed E-state index contributed by atoms with van der Waals surface area (Å²) in [6, 6.07) is 24.7. The van der Waals surface area contributed by atoms with Crippen molar-refractivity contribution < 1.29 is 29.3 Å². The maximum absolute atomic E-state index is 12.1. The molecule has 0 radical (unpaired) electrons. The van der Waals surface area contributed by atoms with Crippen LogP contribution in [0.25, 0.3) is 43.8 Å². The Kier molecular flexibility index (Phi) is 14.6. The SMILES string of the molecule is C=CC(=O)N1CC2(CCN(c3nc4c(c(-c5cccc6cc(O)ccc56)c3C)CCN(C(C)COC)C4)C2)C1.C=CC(=O)N1CC2(CCN(c3nc4c(c(-c5cccc6cc(O)ccc56)c3C)CCN(C(C)COC)C4)C2)C1. The van der Waals surface area contributed by atoms with Crippen LogP contribution in [0, 0.1) is 24.7 Å². The van der Waals surface area contributed by atoms with Gasteiger partial charge in [0.1, 0.15) is 23.1 Å². The number of pyridine rings is 2. The summed E-state index contributed by atoms with van der Waals surface area (Å²) in [7, 11) is 3.52. The highest BCUT2D eigenvalue weighted by Crippen LogP contribution is 2.48. The van der Waals surface area contributed by atoms with E-state index in [1.54, 1.807) is 26.4 Å². The first-order valence-electron chi connectivity index (χ1n) is 27.9. The molecule has 2 aromatic heterocycles. The van der Waals surface area contributed by atoms with E-state index in [1.807, 2.05) is 34.1 Å². The third kappa shape index (κ3) is 9.79. The molecule has 14 heteroatoms. The molecule has 6 aliphatic heterocycles. The zero-order chi connectivity index (χ0) is 54.6. The lowest BCUT2D eigenvalue weighted by molar-refractivity contribution is -0.137. The molecule has 0 aliphatic carbocycles. The molecule has 4 fully saturated rings. The molecule has 2 spiro atoms. The molecule has 8 heterocycles. The summed E-state index contributed by atoms with van der Waals surface area (Å²) in [6.07, 6.45) is 6.83. The van der Waals surface area contributed by atoms with E-state index in [4.69, 9.17) is 19.4 Å². The number of carbonyl (C=O) groups excluding carboxylic acids is 2. The molecule has 2 amide bonds. The van der Waals surface area contributed by atoms with Crippen molar-refractivity contribution in [3.63, 3.8) is 0 Å². The van der Waals surface area contributed by atoms with E-state index >= 15 is 0 Å². The quantitative estimate of drug-likeness (QED) is 0.113. The first-order valence-corrected chi connectivity index (χ1v) is 27.9. The summed E-state index contributed by atoms with van der Waals surface area (Å²) in [5, 5.41) is 24.6. The number of fused-ring (bicyclic) bond motifs is 4. The predicted molar refractivity (Wildman–Crippen MR) is 310 cm³/mol. The fraction of sp³-hybridized carbons (Fsp3) is 0.438. The van der Waals surface area contributed by atoms with E-state index in [2.05, 4.69) is 96.9 Å². The summed E-state index contributed by atoms with van der Waals surface area (Å²) in [6.45, 7) is 28.0. The molecular weight excluding hydrogens is 977 g/mol. The summed E-state index contributed by atoms with van der Waals surface area (Å²) in [5.41, 5.74) is 12.6. The molecule has 0 bridgehead atoms. The van der Waals surface area contributed by atoms with Gasteiger partial charge < -0.3 is 39.3 Å². The molecule has 4 aromatic carbocycles. The van der Waals surface area contributed by atoms with Crippen molar-refractivity contribution in [3.8, 4) is 33.8 Å². The number of aromatic hydroxyl groups is 2.